The number of anilines is 1. The van der Waals surface area contributed by atoms with Gasteiger partial charge in [-0.2, -0.15) is 0 Å². The van der Waals surface area contributed by atoms with E-state index in [-0.39, 0.29) is 16.9 Å². The van der Waals surface area contributed by atoms with E-state index in [9.17, 15) is 19.1 Å². The van der Waals surface area contributed by atoms with Crippen LogP contribution in [0.3, 0.4) is 0 Å². The Morgan fingerprint density at radius 1 is 0.972 bits per heavy atom. The Kier molecular flexibility index (Phi) is 6.84. The van der Waals surface area contributed by atoms with Crippen molar-refractivity contribution in [1.82, 2.24) is 0 Å². The van der Waals surface area contributed by atoms with E-state index in [2.05, 4.69) is 0 Å². The van der Waals surface area contributed by atoms with Gasteiger partial charge in [0.15, 0.2) is 11.5 Å². The number of ketones is 1. The fourth-order valence-electron chi connectivity index (χ4n) is 4.55. The molecule has 3 aromatic carbocycles. The molecule has 1 unspecified atom stereocenters. The number of aryl methyl sites for hydroxylation is 3. The van der Waals surface area contributed by atoms with E-state index < -0.39 is 23.5 Å². The smallest absolute Gasteiger partial charge is 0.300 e. The van der Waals surface area contributed by atoms with Gasteiger partial charge in [-0.25, -0.2) is 4.39 Å². The number of halogens is 1. The standard InChI is InChI=1S/C29H28FNO5/c1-6-36-24-15-19(9-12-23(24)35-5)26-25(27(32)20-8-10-21(30)17(3)14-20)28(33)29(34)31(26)22-11-7-16(2)13-18(22)4/h7-15,26,32H,6H2,1-5H3/b27-25+. The number of Topliss-reactive ketones (excluding diaryl/α,β-unsaturated/α-hetero) is 1. The molecule has 186 valence electrons. The topological polar surface area (TPSA) is 76.1 Å². The zero-order valence-corrected chi connectivity index (χ0v) is 20.9. The maximum absolute atomic E-state index is 13.9. The van der Waals surface area contributed by atoms with Gasteiger partial charge in [0.05, 0.1) is 25.3 Å². The van der Waals surface area contributed by atoms with Gasteiger partial charge in [0.25, 0.3) is 11.7 Å². The van der Waals surface area contributed by atoms with Crippen molar-refractivity contribution in [2.45, 2.75) is 33.7 Å². The zero-order valence-electron chi connectivity index (χ0n) is 20.9. The molecule has 36 heavy (non-hydrogen) atoms. The number of hydrogen-bond donors (Lipinski definition) is 1. The van der Waals surface area contributed by atoms with Crippen LogP contribution in [0.2, 0.25) is 0 Å². The zero-order chi connectivity index (χ0) is 26.1. The Morgan fingerprint density at radius 2 is 1.72 bits per heavy atom. The first-order chi connectivity index (χ1) is 17.2. The average molecular weight is 490 g/mol. The number of aliphatic hydroxyl groups excluding tert-OH is 1. The summed E-state index contributed by atoms with van der Waals surface area (Å²) in [5, 5.41) is 11.3. The fourth-order valence-corrected chi connectivity index (χ4v) is 4.55. The molecule has 0 saturated carbocycles. The van der Waals surface area contributed by atoms with Crippen LogP contribution in [0.5, 0.6) is 11.5 Å². The summed E-state index contributed by atoms with van der Waals surface area (Å²) in [5.41, 5.74) is 3.39. The Morgan fingerprint density at radius 3 is 2.36 bits per heavy atom. The molecule has 6 nitrogen and oxygen atoms in total. The highest BCUT2D eigenvalue weighted by Crippen LogP contribution is 2.45. The van der Waals surface area contributed by atoms with Gasteiger partial charge < -0.3 is 14.6 Å². The third kappa shape index (κ3) is 4.33. The second-order valence-electron chi connectivity index (χ2n) is 8.77. The third-order valence-corrected chi connectivity index (χ3v) is 6.29. The summed E-state index contributed by atoms with van der Waals surface area (Å²) in [6.07, 6.45) is 0. The molecule has 4 rings (SSSR count). The molecule has 0 bridgehead atoms. The minimum Gasteiger partial charge on any atom is -0.507 e. The van der Waals surface area contributed by atoms with Gasteiger partial charge in [0.1, 0.15) is 11.6 Å². The molecule has 1 atom stereocenters. The summed E-state index contributed by atoms with van der Waals surface area (Å²) >= 11 is 0. The number of ether oxygens (including phenoxy) is 2. The number of nitrogens with zero attached hydrogens (tertiary/aromatic N) is 1. The second-order valence-corrected chi connectivity index (χ2v) is 8.77. The van der Waals surface area contributed by atoms with Crippen LogP contribution in [-0.2, 0) is 9.59 Å². The highest BCUT2D eigenvalue weighted by Gasteiger charge is 2.47. The Hall–Kier alpha value is -4.13. The summed E-state index contributed by atoms with van der Waals surface area (Å²) < 4.78 is 25.1. The van der Waals surface area contributed by atoms with E-state index in [1.165, 1.54) is 30.2 Å². The first-order valence-corrected chi connectivity index (χ1v) is 11.6. The lowest BCUT2D eigenvalue weighted by Crippen LogP contribution is -2.30. The molecule has 1 amide bonds. The number of aliphatic hydroxyl groups is 1. The molecule has 0 spiro atoms. The van der Waals surface area contributed by atoms with Crippen LogP contribution in [0, 0.1) is 26.6 Å². The van der Waals surface area contributed by atoms with Crippen molar-refractivity contribution in [3.8, 4) is 11.5 Å². The molecule has 0 aliphatic carbocycles. The molecule has 3 aromatic rings. The van der Waals surface area contributed by atoms with Gasteiger partial charge in [-0.15, -0.1) is 0 Å². The van der Waals surface area contributed by atoms with Gasteiger partial charge in [-0.1, -0.05) is 23.8 Å². The predicted octanol–water partition coefficient (Wildman–Crippen LogP) is 5.78. The fraction of sp³-hybridized carbons (Fsp3) is 0.241. The van der Waals surface area contributed by atoms with Crippen LogP contribution in [0.15, 0.2) is 60.2 Å². The molecular weight excluding hydrogens is 461 g/mol. The average Bonchev–Trinajstić information content (AvgIpc) is 3.11. The van der Waals surface area contributed by atoms with E-state index in [0.29, 0.717) is 34.9 Å². The molecule has 0 aromatic heterocycles. The number of methoxy groups -OCH3 is 1. The molecule has 1 N–H and O–H groups in total. The Balaban J connectivity index is 1.99. The van der Waals surface area contributed by atoms with E-state index in [1.54, 1.807) is 31.2 Å². The predicted molar refractivity (Wildman–Crippen MR) is 136 cm³/mol. The van der Waals surface area contributed by atoms with E-state index >= 15 is 0 Å². The summed E-state index contributed by atoms with van der Waals surface area (Å²) in [7, 11) is 1.52. The SMILES string of the molecule is CCOc1cc(C2/C(=C(\O)c3ccc(F)c(C)c3)C(=O)C(=O)N2c2ccc(C)cc2C)ccc1OC. The minimum atomic E-state index is -0.943. The number of carbonyl (C=O) groups excluding carboxylic acids is 2. The maximum atomic E-state index is 13.9. The molecule has 1 saturated heterocycles. The van der Waals surface area contributed by atoms with Crippen LogP contribution in [0.1, 0.15) is 40.8 Å². The number of amides is 1. The summed E-state index contributed by atoms with van der Waals surface area (Å²) in [6, 6.07) is 13.8. The van der Waals surface area contributed by atoms with Crippen molar-refractivity contribution in [2.75, 3.05) is 18.6 Å². The van der Waals surface area contributed by atoms with Crippen molar-refractivity contribution in [2.24, 2.45) is 0 Å². The van der Waals surface area contributed by atoms with Gasteiger partial charge >= 0.3 is 0 Å². The van der Waals surface area contributed by atoms with E-state index in [0.717, 1.165) is 11.1 Å². The monoisotopic (exact) mass is 489 g/mol. The van der Waals surface area contributed by atoms with Crippen LogP contribution in [0.25, 0.3) is 5.76 Å². The van der Waals surface area contributed by atoms with Gasteiger partial charge in [-0.05, 0) is 80.8 Å². The lowest BCUT2D eigenvalue weighted by Gasteiger charge is -2.27. The number of benzene rings is 3. The van der Waals surface area contributed by atoms with Gasteiger partial charge in [0.2, 0.25) is 0 Å². The lowest BCUT2D eigenvalue weighted by atomic mass is 9.94. The highest BCUT2D eigenvalue weighted by atomic mass is 19.1. The number of hydrogen-bond acceptors (Lipinski definition) is 5. The van der Waals surface area contributed by atoms with Crippen LogP contribution >= 0.6 is 0 Å². The Bertz CT molecular complexity index is 1390. The molecule has 1 heterocycles. The minimum absolute atomic E-state index is 0.0846. The number of rotatable bonds is 6. The summed E-state index contributed by atoms with van der Waals surface area (Å²) in [4.78, 5) is 28.3. The second kappa shape index (κ2) is 9.85. The molecule has 7 heteroatoms. The highest BCUT2D eigenvalue weighted by molar-refractivity contribution is 6.51. The molecule has 0 radical (unpaired) electrons. The van der Waals surface area contributed by atoms with Crippen LogP contribution in [-0.4, -0.2) is 30.5 Å². The first kappa shape index (κ1) is 25.0. The van der Waals surface area contributed by atoms with Crippen molar-refractivity contribution in [3.63, 3.8) is 0 Å². The lowest BCUT2D eigenvalue weighted by molar-refractivity contribution is -0.132. The van der Waals surface area contributed by atoms with Gasteiger partial charge in [0, 0.05) is 11.3 Å². The quantitative estimate of drug-likeness (QED) is 0.270. The van der Waals surface area contributed by atoms with Crippen LogP contribution < -0.4 is 14.4 Å². The van der Waals surface area contributed by atoms with Crippen LogP contribution in [0.4, 0.5) is 10.1 Å². The van der Waals surface area contributed by atoms with Gasteiger partial charge in [-0.3, -0.25) is 14.5 Å². The summed E-state index contributed by atoms with van der Waals surface area (Å²) in [6.45, 7) is 7.59. The van der Waals surface area contributed by atoms with Crippen molar-refractivity contribution in [1.29, 1.82) is 0 Å². The van der Waals surface area contributed by atoms with Crippen molar-refractivity contribution >= 4 is 23.1 Å². The third-order valence-electron chi connectivity index (χ3n) is 6.29. The molecule has 1 aliphatic heterocycles. The summed E-state index contributed by atoms with van der Waals surface area (Å²) in [5.74, 6) is -1.45. The molecule has 1 aliphatic rings. The normalized spacial score (nSPS) is 16.9. The number of carbonyl (C=O) groups is 2. The largest absolute Gasteiger partial charge is 0.507 e. The Labute approximate surface area is 209 Å². The first-order valence-electron chi connectivity index (χ1n) is 11.6. The molecule has 1 fully saturated rings. The van der Waals surface area contributed by atoms with Crippen molar-refractivity contribution < 1.29 is 28.6 Å². The van der Waals surface area contributed by atoms with E-state index in [4.69, 9.17) is 9.47 Å². The maximum Gasteiger partial charge on any atom is 0.300 e. The van der Waals surface area contributed by atoms with Crippen molar-refractivity contribution in [3.05, 3.63) is 93.8 Å². The molecular formula is C29H28FNO5. The van der Waals surface area contributed by atoms with E-state index in [1.807, 2.05) is 32.9 Å².